The minimum absolute atomic E-state index is 0.0288. The second-order valence-corrected chi connectivity index (χ2v) is 29.3. The van der Waals surface area contributed by atoms with Crippen LogP contribution >= 0.6 is 0 Å². The highest BCUT2D eigenvalue weighted by Gasteiger charge is 2.45. The summed E-state index contributed by atoms with van der Waals surface area (Å²) in [6.07, 6.45) is 12.6. The van der Waals surface area contributed by atoms with Crippen LogP contribution in [0.4, 0.5) is 34.1 Å². The van der Waals surface area contributed by atoms with Crippen LogP contribution in [-0.4, -0.2) is 21.7 Å². The predicted molar refractivity (Wildman–Crippen MR) is 401 cm³/mol. The Hall–Kier alpha value is -9.91. The van der Waals surface area contributed by atoms with Crippen molar-refractivity contribution in [1.29, 1.82) is 0 Å². The zero-order valence-electron chi connectivity index (χ0n) is 55.8. The Morgan fingerprint density at radius 1 is 0.295 bits per heavy atom. The van der Waals surface area contributed by atoms with Crippen LogP contribution in [0.2, 0.25) is 0 Å². The molecule has 4 aliphatic rings. The summed E-state index contributed by atoms with van der Waals surface area (Å²) in [6, 6.07) is 95.7. The fourth-order valence-corrected chi connectivity index (χ4v) is 15.8. The third-order valence-corrected chi connectivity index (χ3v) is 21.0. The number of benzene rings is 11. The number of aromatic nitrogens is 3. The molecule has 0 spiro atoms. The molecule has 0 atom stereocenters. The molecule has 6 heteroatoms. The Kier molecular flexibility index (Phi) is 15.7. The highest BCUT2D eigenvalue weighted by atomic mass is 15.2. The third-order valence-electron chi connectivity index (χ3n) is 21.0. The largest absolute Gasteiger partial charge is 0.311 e. The van der Waals surface area contributed by atoms with E-state index in [2.05, 4.69) is 306 Å². The van der Waals surface area contributed by atoms with E-state index in [0.717, 1.165) is 83.9 Å². The third kappa shape index (κ3) is 11.7. The van der Waals surface area contributed by atoms with Crippen molar-refractivity contribution in [3.8, 4) is 78.7 Å². The van der Waals surface area contributed by atoms with Gasteiger partial charge in [0.1, 0.15) is 0 Å². The lowest BCUT2D eigenvalue weighted by Crippen LogP contribution is -2.61. The first-order valence-electron chi connectivity index (χ1n) is 34.9. The van der Waals surface area contributed by atoms with Crippen molar-refractivity contribution in [3.63, 3.8) is 0 Å². The number of fused-ring (bicyclic) bond motifs is 4. The van der Waals surface area contributed by atoms with Gasteiger partial charge in [0.2, 0.25) is 0 Å². The summed E-state index contributed by atoms with van der Waals surface area (Å²) < 4.78 is 0. The number of hydrogen-bond acceptors (Lipinski definition) is 5. The maximum Gasteiger partial charge on any atom is 0.252 e. The molecule has 0 bridgehead atoms. The second-order valence-electron chi connectivity index (χ2n) is 29.3. The van der Waals surface area contributed by atoms with Crippen molar-refractivity contribution in [2.45, 2.75) is 128 Å². The topological polar surface area (TPSA) is 45.2 Å². The lowest BCUT2D eigenvalue weighted by atomic mass is 9.33. The minimum Gasteiger partial charge on any atom is -0.311 e. The van der Waals surface area contributed by atoms with Gasteiger partial charge in [0.05, 0.1) is 0 Å². The lowest BCUT2D eigenvalue weighted by Gasteiger charge is -2.45. The van der Waals surface area contributed by atoms with E-state index in [1.165, 1.54) is 114 Å². The highest BCUT2D eigenvalue weighted by molar-refractivity contribution is 7.00. The fraction of sp³-hybridized carbons (Fsp3) is 0.225. The van der Waals surface area contributed by atoms with Crippen molar-refractivity contribution in [3.05, 3.63) is 277 Å². The average Bonchev–Trinajstić information content (AvgIpc) is 0.695. The smallest absolute Gasteiger partial charge is 0.252 e. The maximum atomic E-state index is 5.84. The molecule has 16 rings (SSSR count). The SMILES string of the molecule is CC(C)(C)c1ccc(N2c3cc(C4CCCCC4)ccc3B3c4ccc(C5CCCCC5)cc4N(c4ccc(C(C)(C)C)cc4)c4cc(-c5nc(-c6cc(-c7ccccc7)cc(-c7ccccc7)c6)nc(-c6cc(-c7ccccc7)cc(-c7ccccc7)c6)n5)cc2c43)cc1. The van der Waals surface area contributed by atoms with Crippen molar-refractivity contribution >= 4 is 57.2 Å². The van der Waals surface area contributed by atoms with Crippen LogP contribution in [0, 0.1) is 0 Å². The van der Waals surface area contributed by atoms with Gasteiger partial charge in [-0.05, 0) is 216 Å². The first kappa shape index (κ1) is 60.1. The average molecular weight is 1230 g/mol. The highest BCUT2D eigenvalue weighted by Crippen LogP contribution is 2.49. The van der Waals surface area contributed by atoms with Crippen molar-refractivity contribution in [2.75, 3.05) is 9.80 Å². The van der Waals surface area contributed by atoms with Crippen molar-refractivity contribution < 1.29 is 0 Å². The van der Waals surface area contributed by atoms with Gasteiger partial charge < -0.3 is 9.80 Å². The van der Waals surface area contributed by atoms with E-state index >= 15 is 0 Å². The lowest BCUT2D eigenvalue weighted by molar-refractivity contribution is 0.444. The molecular formula is C89H82BN5. The molecule has 3 heterocycles. The monoisotopic (exact) mass is 1230 g/mol. The first-order chi connectivity index (χ1) is 46.3. The molecular weight excluding hydrogens is 1150 g/mol. The van der Waals surface area contributed by atoms with Crippen LogP contribution in [0.3, 0.4) is 0 Å². The Balaban J connectivity index is 1.01. The van der Waals surface area contributed by atoms with Gasteiger partial charge in [0, 0.05) is 50.8 Å². The molecule has 0 amide bonds. The summed E-state index contributed by atoms with van der Waals surface area (Å²) in [5, 5.41) is 0. The van der Waals surface area contributed by atoms with Crippen LogP contribution in [0.15, 0.2) is 255 Å². The molecule has 0 saturated heterocycles. The van der Waals surface area contributed by atoms with Crippen LogP contribution in [-0.2, 0) is 10.8 Å². The fourth-order valence-electron chi connectivity index (χ4n) is 15.8. The van der Waals surface area contributed by atoms with Gasteiger partial charge in [-0.3, -0.25) is 0 Å². The van der Waals surface area contributed by atoms with Gasteiger partial charge in [-0.1, -0.05) is 250 Å². The van der Waals surface area contributed by atoms with Crippen molar-refractivity contribution in [1.82, 2.24) is 15.0 Å². The van der Waals surface area contributed by atoms with E-state index in [4.69, 9.17) is 15.0 Å². The summed E-state index contributed by atoms with van der Waals surface area (Å²) in [4.78, 5) is 22.6. The van der Waals surface area contributed by atoms with E-state index < -0.39 is 0 Å². The Morgan fingerprint density at radius 3 is 0.916 bits per heavy atom. The Bertz CT molecular complexity index is 4380. The molecule has 466 valence electrons. The normalized spacial score (nSPS) is 14.9. The standard InChI is InChI=1S/C89H82BN5/c1-88(2,3)74-39-43-76(44-40-74)94-80-55-65(59-25-13-7-14-26-59)37-47-78(80)90-79-48-38-66(60-27-15-8-16-28-60)56-81(79)95(77-45-41-75(42-46-77)89(4,5)6)83-58-73(57-82(94)84(83)90)87-92-85(71-51-67(61-29-17-9-18-30-61)49-68(52-71)62-31-19-10-20-32-62)91-86(93-87)72-53-69(63-33-21-11-22-34-63)50-70(54-72)64-35-23-12-24-36-64/h9-12,17-24,29-60H,7-8,13-16,25-28H2,1-6H3. The quantitative estimate of drug-likeness (QED) is 0.121. The number of rotatable bonds is 11. The van der Waals surface area contributed by atoms with E-state index in [9.17, 15) is 0 Å². The van der Waals surface area contributed by atoms with Crippen LogP contribution < -0.4 is 26.2 Å². The Labute approximate surface area is 562 Å². The molecule has 1 aromatic heterocycles. The molecule has 0 radical (unpaired) electrons. The van der Waals surface area contributed by atoms with E-state index in [-0.39, 0.29) is 17.5 Å². The van der Waals surface area contributed by atoms with E-state index in [0.29, 0.717) is 29.3 Å². The van der Waals surface area contributed by atoms with Crippen LogP contribution in [0.25, 0.3) is 78.7 Å². The van der Waals surface area contributed by atoms with Gasteiger partial charge in [-0.2, -0.15) is 0 Å². The van der Waals surface area contributed by atoms with Gasteiger partial charge in [0.25, 0.3) is 6.71 Å². The number of anilines is 6. The van der Waals surface area contributed by atoms with Gasteiger partial charge >= 0.3 is 0 Å². The van der Waals surface area contributed by atoms with E-state index in [1.807, 2.05) is 0 Å². The summed E-state index contributed by atoms with van der Waals surface area (Å²) in [5.41, 5.74) is 28.0. The van der Waals surface area contributed by atoms with Gasteiger partial charge in [0.15, 0.2) is 17.5 Å². The van der Waals surface area contributed by atoms with Crippen LogP contribution in [0.1, 0.15) is 140 Å². The maximum absolute atomic E-state index is 5.84. The molecule has 2 aliphatic heterocycles. The molecule has 12 aromatic rings. The number of nitrogens with zero attached hydrogens (tertiary/aromatic N) is 5. The molecule has 2 fully saturated rings. The summed E-state index contributed by atoms with van der Waals surface area (Å²) in [5.74, 6) is 2.83. The molecule has 0 unspecified atom stereocenters. The van der Waals surface area contributed by atoms with Gasteiger partial charge in [-0.15, -0.1) is 0 Å². The predicted octanol–water partition coefficient (Wildman–Crippen LogP) is 22.3. The van der Waals surface area contributed by atoms with Crippen LogP contribution in [0.5, 0.6) is 0 Å². The number of hydrogen-bond donors (Lipinski definition) is 0. The minimum atomic E-state index is -0.0613. The van der Waals surface area contributed by atoms with E-state index in [1.54, 1.807) is 0 Å². The summed E-state index contributed by atoms with van der Waals surface area (Å²) in [7, 11) is 0. The molecule has 5 nitrogen and oxygen atoms in total. The Morgan fingerprint density at radius 2 is 0.600 bits per heavy atom. The second kappa shape index (κ2) is 24.8. The summed E-state index contributed by atoms with van der Waals surface area (Å²) in [6.45, 7) is 13.8. The molecule has 11 aromatic carbocycles. The summed E-state index contributed by atoms with van der Waals surface area (Å²) >= 11 is 0. The van der Waals surface area contributed by atoms with Gasteiger partial charge in [-0.25, -0.2) is 15.0 Å². The zero-order chi connectivity index (χ0) is 64.4. The van der Waals surface area contributed by atoms with Crippen molar-refractivity contribution in [2.24, 2.45) is 0 Å². The molecule has 2 saturated carbocycles. The first-order valence-corrected chi connectivity index (χ1v) is 34.9. The molecule has 95 heavy (non-hydrogen) atoms. The zero-order valence-corrected chi connectivity index (χ0v) is 55.8. The molecule has 2 aliphatic carbocycles. The molecule has 0 N–H and O–H groups in total.